The normalized spacial score (nSPS) is 14.1. The standard InChI is InChI=1S/C82H151N2O6P/c1-6-8-10-12-14-16-18-20-22-24-26-28-30-32-34-36-38-40-41-42-43-44-46-48-50-52-54-56-58-60-62-64-66-68-70-72-74-76-82(86)83-80(79-90-91(87,88)89-78-77-84(3,4)5)81(85)75-73-71-69-67-65-63-61-59-57-55-53-51-49-47-45-39-37-35-33-31-29-27-25-23-21-19-17-15-13-11-9-7-2/h8,10,14,16,20,22,26,28,32,34,38,40,42-43,46,48,80-81,85H,6-7,9,11-13,15,17-19,21,23-25,27,29-31,33,35-37,39,41,44-45,47,49-79H2,1-5H3,(H-,83,86,87,88)/b10-8-,16-14-,22-20-,28-26-,34-32-,40-38-,43-42-,48-46-. The van der Waals surface area contributed by atoms with Crippen LogP contribution in [0.4, 0.5) is 0 Å². The lowest BCUT2D eigenvalue weighted by Gasteiger charge is -2.30. The summed E-state index contributed by atoms with van der Waals surface area (Å²) in [5.41, 5.74) is 0. The van der Waals surface area contributed by atoms with Crippen LogP contribution in [0.3, 0.4) is 0 Å². The summed E-state index contributed by atoms with van der Waals surface area (Å²) in [5.74, 6) is -0.165. The van der Waals surface area contributed by atoms with Crippen molar-refractivity contribution < 1.29 is 32.9 Å². The zero-order chi connectivity index (χ0) is 66.2. The molecule has 9 heteroatoms. The van der Waals surface area contributed by atoms with Crippen LogP contribution in [0.25, 0.3) is 0 Å². The molecular formula is C82H151N2O6P. The summed E-state index contributed by atoms with van der Waals surface area (Å²) in [6.45, 7) is 4.65. The van der Waals surface area contributed by atoms with Crippen molar-refractivity contribution in [1.29, 1.82) is 0 Å². The lowest BCUT2D eigenvalue weighted by Crippen LogP contribution is -2.46. The Morgan fingerprint density at radius 1 is 0.396 bits per heavy atom. The van der Waals surface area contributed by atoms with E-state index in [0.717, 1.165) is 89.9 Å². The highest BCUT2D eigenvalue weighted by Crippen LogP contribution is 2.38. The van der Waals surface area contributed by atoms with E-state index in [1.165, 1.54) is 250 Å². The summed E-state index contributed by atoms with van der Waals surface area (Å²) in [6.07, 6.45) is 104. The van der Waals surface area contributed by atoms with Crippen molar-refractivity contribution in [1.82, 2.24) is 5.32 Å². The maximum atomic E-state index is 13.1. The number of aliphatic hydroxyl groups excluding tert-OH is 1. The summed E-state index contributed by atoms with van der Waals surface area (Å²) in [5, 5.41) is 14.1. The maximum Gasteiger partial charge on any atom is 0.268 e. The first-order valence-electron chi connectivity index (χ1n) is 39.1. The molecule has 0 saturated carbocycles. The number of aliphatic hydroxyl groups is 1. The van der Waals surface area contributed by atoms with Crippen LogP contribution in [0, 0.1) is 0 Å². The largest absolute Gasteiger partial charge is 0.756 e. The first kappa shape index (κ1) is 88.4. The van der Waals surface area contributed by atoms with E-state index in [9.17, 15) is 19.4 Å². The molecule has 0 heterocycles. The number of amides is 1. The van der Waals surface area contributed by atoms with Crippen LogP contribution in [-0.4, -0.2) is 68.5 Å². The molecule has 0 saturated heterocycles. The Bertz CT molecular complexity index is 1810. The topological polar surface area (TPSA) is 108 Å². The van der Waals surface area contributed by atoms with E-state index < -0.39 is 20.0 Å². The van der Waals surface area contributed by atoms with Gasteiger partial charge in [0, 0.05) is 6.42 Å². The van der Waals surface area contributed by atoms with Gasteiger partial charge >= 0.3 is 0 Å². The average molecular weight is 1290 g/mol. The van der Waals surface area contributed by atoms with Gasteiger partial charge in [-0.05, 0) is 77.0 Å². The van der Waals surface area contributed by atoms with Gasteiger partial charge in [-0.25, -0.2) is 0 Å². The van der Waals surface area contributed by atoms with E-state index in [1.807, 2.05) is 21.1 Å². The first-order valence-corrected chi connectivity index (χ1v) is 40.5. The summed E-state index contributed by atoms with van der Waals surface area (Å²) in [4.78, 5) is 25.7. The van der Waals surface area contributed by atoms with Gasteiger partial charge in [0.25, 0.3) is 7.82 Å². The number of phosphoric acid groups is 1. The number of quaternary nitrogens is 1. The van der Waals surface area contributed by atoms with Crippen LogP contribution in [0.1, 0.15) is 367 Å². The molecule has 2 N–H and O–H groups in total. The first-order chi connectivity index (χ1) is 44.5. The predicted molar refractivity (Wildman–Crippen MR) is 399 cm³/mol. The summed E-state index contributed by atoms with van der Waals surface area (Å²) in [7, 11) is 1.31. The fraction of sp³-hybridized carbons (Fsp3) is 0.793. The van der Waals surface area contributed by atoms with Crippen molar-refractivity contribution in [3.05, 3.63) is 97.2 Å². The van der Waals surface area contributed by atoms with Crippen molar-refractivity contribution in [2.75, 3.05) is 40.9 Å². The monoisotopic (exact) mass is 1290 g/mol. The Balaban J connectivity index is 4.01. The molecule has 530 valence electrons. The summed E-state index contributed by atoms with van der Waals surface area (Å²) >= 11 is 0. The number of nitrogens with zero attached hydrogens (tertiary/aromatic N) is 1. The van der Waals surface area contributed by atoms with Crippen LogP contribution < -0.4 is 10.2 Å². The van der Waals surface area contributed by atoms with Crippen LogP contribution >= 0.6 is 7.82 Å². The molecular weight excluding hydrogens is 1140 g/mol. The van der Waals surface area contributed by atoms with Crippen molar-refractivity contribution in [3.63, 3.8) is 0 Å². The second kappa shape index (κ2) is 71.7. The number of likely N-dealkylation sites (N-methyl/N-ethyl adjacent to an activating group) is 1. The summed E-state index contributed by atoms with van der Waals surface area (Å²) < 4.78 is 23.6. The molecule has 0 rings (SSSR count). The van der Waals surface area contributed by atoms with Gasteiger partial charge in [0.2, 0.25) is 5.91 Å². The zero-order valence-electron chi connectivity index (χ0n) is 60.8. The van der Waals surface area contributed by atoms with E-state index in [0.29, 0.717) is 23.9 Å². The third-order valence-electron chi connectivity index (χ3n) is 17.6. The number of rotatable bonds is 72. The fourth-order valence-corrected chi connectivity index (χ4v) is 12.3. The summed E-state index contributed by atoms with van der Waals surface area (Å²) in [6, 6.07) is -0.810. The molecule has 0 radical (unpaired) electrons. The molecule has 0 aromatic heterocycles. The average Bonchev–Trinajstić information content (AvgIpc) is 3.42. The van der Waals surface area contributed by atoms with E-state index in [1.54, 1.807) is 0 Å². The number of hydrogen-bond donors (Lipinski definition) is 2. The third kappa shape index (κ3) is 74.7. The highest BCUT2D eigenvalue weighted by atomic mass is 31.2. The number of carbonyl (C=O) groups excluding carboxylic acids is 1. The second-order valence-corrected chi connectivity index (χ2v) is 29.1. The number of hydrogen-bond acceptors (Lipinski definition) is 6. The zero-order valence-corrected chi connectivity index (χ0v) is 61.7. The number of phosphoric ester groups is 1. The van der Waals surface area contributed by atoms with E-state index >= 15 is 0 Å². The molecule has 0 aliphatic carbocycles. The van der Waals surface area contributed by atoms with Gasteiger partial charge in [0.1, 0.15) is 13.2 Å². The molecule has 0 spiro atoms. The van der Waals surface area contributed by atoms with Gasteiger partial charge in [0.15, 0.2) is 0 Å². The molecule has 0 aliphatic heterocycles. The van der Waals surface area contributed by atoms with Gasteiger partial charge in [-0.1, -0.05) is 381 Å². The SMILES string of the molecule is CC/C=C\C/C=C\C/C=C\C/C=C\C/C=C\C/C=C\C/C=C\C/C=C\CCCCCCCCCCCCCCC(=O)NC(COP(=O)([O-])OCC[N+](C)(C)C)C(O)CCCCCCCCCCCCCCCCCCCCCCCCCCCCCCCCCC. The minimum atomic E-state index is -4.59. The lowest BCUT2D eigenvalue weighted by molar-refractivity contribution is -0.870. The highest BCUT2D eigenvalue weighted by Gasteiger charge is 2.24. The Kier molecular flexibility index (Phi) is 69.7. The molecule has 0 aromatic carbocycles. The third-order valence-corrected chi connectivity index (χ3v) is 18.6. The Hall–Kier alpha value is -2.58. The Labute approximate surface area is 566 Å². The quantitative estimate of drug-likeness (QED) is 0.0272. The van der Waals surface area contributed by atoms with Crippen molar-refractivity contribution in [2.24, 2.45) is 0 Å². The van der Waals surface area contributed by atoms with Crippen molar-refractivity contribution in [2.45, 2.75) is 379 Å². The number of unbranched alkanes of at least 4 members (excludes halogenated alkanes) is 43. The van der Waals surface area contributed by atoms with Gasteiger partial charge in [-0.2, -0.15) is 0 Å². The van der Waals surface area contributed by atoms with Gasteiger partial charge in [0.05, 0.1) is 39.9 Å². The van der Waals surface area contributed by atoms with E-state index in [2.05, 4.69) is 116 Å². The van der Waals surface area contributed by atoms with Gasteiger partial charge < -0.3 is 28.8 Å². The number of nitrogens with one attached hydrogen (secondary N) is 1. The number of allylic oxidation sites excluding steroid dienone is 16. The molecule has 3 unspecified atom stereocenters. The molecule has 0 aliphatic rings. The van der Waals surface area contributed by atoms with Crippen molar-refractivity contribution >= 4 is 13.7 Å². The van der Waals surface area contributed by atoms with Crippen LogP contribution in [0.5, 0.6) is 0 Å². The van der Waals surface area contributed by atoms with Crippen LogP contribution in [0.2, 0.25) is 0 Å². The molecule has 0 aromatic rings. The smallest absolute Gasteiger partial charge is 0.268 e. The molecule has 1 amide bonds. The van der Waals surface area contributed by atoms with Gasteiger partial charge in [-0.15, -0.1) is 0 Å². The molecule has 3 atom stereocenters. The fourth-order valence-electron chi connectivity index (χ4n) is 11.6. The van der Waals surface area contributed by atoms with E-state index in [4.69, 9.17) is 9.05 Å². The highest BCUT2D eigenvalue weighted by molar-refractivity contribution is 7.45. The van der Waals surface area contributed by atoms with Crippen LogP contribution in [0.15, 0.2) is 97.2 Å². The molecule has 8 nitrogen and oxygen atoms in total. The van der Waals surface area contributed by atoms with E-state index in [-0.39, 0.29) is 19.1 Å². The Morgan fingerprint density at radius 3 is 0.978 bits per heavy atom. The predicted octanol–water partition coefficient (Wildman–Crippen LogP) is 25.0. The van der Waals surface area contributed by atoms with Crippen LogP contribution in [-0.2, 0) is 18.4 Å². The maximum absolute atomic E-state index is 13.1. The lowest BCUT2D eigenvalue weighted by atomic mass is 10.0. The Morgan fingerprint density at radius 2 is 0.670 bits per heavy atom. The van der Waals surface area contributed by atoms with Crippen molar-refractivity contribution in [3.8, 4) is 0 Å². The van der Waals surface area contributed by atoms with Gasteiger partial charge in [-0.3, -0.25) is 9.36 Å². The minimum Gasteiger partial charge on any atom is -0.756 e. The molecule has 0 fully saturated rings. The second-order valence-electron chi connectivity index (χ2n) is 27.7. The minimum absolute atomic E-state index is 0.00930. The molecule has 91 heavy (non-hydrogen) atoms. The number of carbonyl (C=O) groups is 1. The molecule has 0 bridgehead atoms.